The molecule has 0 aliphatic carbocycles. The molecule has 0 fully saturated rings. The van der Waals surface area contributed by atoms with Gasteiger partial charge < -0.3 is 30.4 Å². The summed E-state index contributed by atoms with van der Waals surface area (Å²) in [6.07, 6.45) is 6.31. The summed E-state index contributed by atoms with van der Waals surface area (Å²) < 4.78 is 22.1. The summed E-state index contributed by atoms with van der Waals surface area (Å²) in [5, 5.41) is 19.1. The molecule has 0 bridgehead atoms. The van der Waals surface area contributed by atoms with E-state index in [2.05, 4.69) is 4.98 Å². The van der Waals surface area contributed by atoms with Gasteiger partial charge in [-0.25, -0.2) is 9.18 Å². The zero-order valence-corrected chi connectivity index (χ0v) is 19.4. The van der Waals surface area contributed by atoms with Crippen molar-refractivity contribution in [3.8, 4) is 23.0 Å². The molecule has 0 aliphatic heterocycles. The number of carbonyl (C=O) groups is 2. The maximum atomic E-state index is 12.1. The number of nitrogens with two attached hydrogens (primary N) is 1. The quantitative estimate of drug-likeness (QED) is 0.270. The normalized spacial score (nSPS) is 10.6. The van der Waals surface area contributed by atoms with Crippen LogP contribution in [-0.2, 0) is 9.59 Å². The molecule has 5 N–H and O–H groups in total. The SMILES string of the molecule is COc1cc(/C=C/C(=O)CC(=O)/C=C/c2ccc(O)c(OC)c2)ccc1O.Nc1nc(=O)[nH]cc1F. The number of nitrogens with one attached hydrogen (secondary N) is 1. The lowest BCUT2D eigenvalue weighted by Crippen LogP contribution is -2.12. The Bertz CT molecular complexity index is 1280. The molecule has 10 nitrogen and oxygen atoms in total. The van der Waals surface area contributed by atoms with Gasteiger partial charge in [-0.2, -0.15) is 4.98 Å². The highest BCUT2D eigenvalue weighted by molar-refractivity contribution is 6.10. The Morgan fingerprint density at radius 2 is 1.44 bits per heavy atom. The van der Waals surface area contributed by atoms with Crippen molar-refractivity contribution >= 4 is 29.5 Å². The van der Waals surface area contributed by atoms with Gasteiger partial charge in [-0.3, -0.25) is 9.59 Å². The van der Waals surface area contributed by atoms with Crippen molar-refractivity contribution < 1.29 is 33.7 Å². The van der Waals surface area contributed by atoms with E-state index in [9.17, 15) is 29.0 Å². The number of halogens is 1. The number of nitrogens with zero attached hydrogens (tertiary/aromatic N) is 1. The van der Waals surface area contributed by atoms with Crippen LogP contribution >= 0.6 is 0 Å². The van der Waals surface area contributed by atoms with Gasteiger partial charge >= 0.3 is 5.69 Å². The minimum absolute atomic E-state index is 0.00662. The predicted octanol–water partition coefficient (Wildman–Crippen LogP) is 2.86. The van der Waals surface area contributed by atoms with E-state index in [1.807, 2.05) is 4.98 Å². The van der Waals surface area contributed by atoms with Crippen molar-refractivity contribution in [2.75, 3.05) is 20.0 Å². The topological polar surface area (TPSA) is 165 Å². The van der Waals surface area contributed by atoms with Gasteiger partial charge in [-0.05, 0) is 47.5 Å². The summed E-state index contributed by atoms with van der Waals surface area (Å²) in [4.78, 5) is 39.2. The van der Waals surface area contributed by atoms with E-state index in [1.165, 1.54) is 38.5 Å². The Kier molecular flexibility index (Phi) is 9.93. The fraction of sp³-hybridized carbons (Fsp3) is 0.120. The average Bonchev–Trinajstić information content (AvgIpc) is 2.85. The van der Waals surface area contributed by atoms with E-state index in [0.29, 0.717) is 22.6 Å². The third-order valence-corrected chi connectivity index (χ3v) is 4.47. The van der Waals surface area contributed by atoms with E-state index < -0.39 is 11.5 Å². The molecule has 3 aromatic rings. The summed E-state index contributed by atoms with van der Waals surface area (Å²) in [7, 11) is 2.87. The highest BCUT2D eigenvalue weighted by Gasteiger charge is 2.06. The van der Waals surface area contributed by atoms with Crippen LogP contribution in [0.1, 0.15) is 17.5 Å². The first-order valence-electron chi connectivity index (χ1n) is 10.3. The summed E-state index contributed by atoms with van der Waals surface area (Å²) in [6.45, 7) is 0. The van der Waals surface area contributed by atoms with Gasteiger partial charge in [0.2, 0.25) is 0 Å². The molecule has 0 radical (unpaired) electrons. The number of carbonyl (C=O) groups excluding carboxylic acids is 2. The number of aromatic hydroxyl groups is 2. The van der Waals surface area contributed by atoms with Gasteiger partial charge in [0.15, 0.2) is 46.2 Å². The van der Waals surface area contributed by atoms with Crippen molar-refractivity contribution in [2.24, 2.45) is 0 Å². The first-order chi connectivity index (χ1) is 17.1. The highest BCUT2D eigenvalue weighted by atomic mass is 19.1. The van der Waals surface area contributed by atoms with Crippen LogP contribution in [0.25, 0.3) is 12.2 Å². The van der Waals surface area contributed by atoms with Crippen molar-refractivity contribution in [1.29, 1.82) is 0 Å². The fourth-order valence-electron chi connectivity index (χ4n) is 2.66. The molecule has 0 amide bonds. The lowest BCUT2D eigenvalue weighted by Gasteiger charge is -2.03. The summed E-state index contributed by atoms with van der Waals surface area (Å²) in [5.74, 6) is -1.17. The minimum Gasteiger partial charge on any atom is -0.504 e. The van der Waals surface area contributed by atoms with E-state index in [0.717, 1.165) is 6.20 Å². The number of hydrogen-bond donors (Lipinski definition) is 4. The average molecular weight is 497 g/mol. The number of allylic oxidation sites excluding steroid dienone is 2. The number of hydrogen-bond acceptors (Lipinski definition) is 9. The smallest absolute Gasteiger partial charge is 0.347 e. The lowest BCUT2D eigenvalue weighted by atomic mass is 10.1. The predicted molar refractivity (Wildman–Crippen MR) is 131 cm³/mol. The van der Waals surface area contributed by atoms with Gasteiger partial charge in [0, 0.05) is 6.20 Å². The number of phenolic OH excluding ortho intramolecular Hbond substituents is 2. The molecule has 0 unspecified atom stereocenters. The number of methoxy groups -OCH3 is 2. The Hall–Kier alpha value is -4.93. The molecule has 11 heteroatoms. The Morgan fingerprint density at radius 1 is 0.972 bits per heavy atom. The number of nitrogen functional groups attached to an aromatic ring is 1. The number of rotatable bonds is 8. The standard InChI is InChI=1S/C21H20O6.C4H4FN3O/c1-26-20-11-14(5-9-18(20)24)3-7-16(22)13-17(23)8-4-15-6-10-19(25)21(12-15)27-2;5-2-1-7-4(9)8-3(2)6/h3-12,24-25H,13H2,1-2H3;1H,(H3,6,7,8,9)/b7-3+,8-4+;. The molecule has 0 spiro atoms. The van der Waals surface area contributed by atoms with Crippen molar-refractivity contribution in [3.63, 3.8) is 0 Å². The van der Waals surface area contributed by atoms with E-state index in [-0.39, 0.29) is 35.3 Å². The van der Waals surface area contributed by atoms with Gasteiger partial charge in [-0.1, -0.05) is 24.3 Å². The summed E-state index contributed by atoms with van der Waals surface area (Å²) in [6, 6.07) is 9.34. The second kappa shape index (κ2) is 13.1. The van der Waals surface area contributed by atoms with Crippen LogP contribution in [0.4, 0.5) is 10.2 Å². The fourth-order valence-corrected chi connectivity index (χ4v) is 2.66. The number of benzene rings is 2. The third kappa shape index (κ3) is 8.45. The summed E-state index contributed by atoms with van der Waals surface area (Å²) >= 11 is 0. The number of H-pyrrole nitrogens is 1. The zero-order valence-electron chi connectivity index (χ0n) is 19.4. The van der Waals surface area contributed by atoms with Gasteiger partial charge in [0.05, 0.1) is 20.6 Å². The van der Waals surface area contributed by atoms with Gasteiger partial charge in [0.25, 0.3) is 0 Å². The molecular weight excluding hydrogens is 473 g/mol. The van der Waals surface area contributed by atoms with Crippen LogP contribution in [0.5, 0.6) is 23.0 Å². The minimum atomic E-state index is -0.713. The van der Waals surface area contributed by atoms with Crippen LogP contribution in [-0.4, -0.2) is 46.0 Å². The molecule has 0 saturated carbocycles. The zero-order chi connectivity index (χ0) is 26.7. The highest BCUT2D eigenvalue weighted by Crippen LogP contribution is 2.27. The van der Waals surface area contributed by atoms with Crippen LogP contribution < -0.4 is 20.9 Å². The summed E-state index contributed by atoms with van der Waals surface area (Å²) in [5.41, 5.74) is 5.60. The molecule has 36 heavy (non-hydrogen) atoms. The van der Waals surface area contributed by atoms with Crippen LogP contribution in [0.3, 0.4) is 0 Å². The molecule has 1 aromatic heterocycles. The maximum absolute atomic E-state index is 12.1. The molecule has 3 rings (SSSR count). The number of ketones is 2. The Labute approximate surface area is 205 Å². The molecule has 188 valence electrons. The maximum Gasteiger partial charge on any atom is 0.347 e. The number of phenols is 2. The second-order valence-electron chi connectivity index (χ2n) is 7.08. The second-order valence-corrected chi connectivity index (χ2v) is 7.08. The van der Waals surface area contributed by atoms with E-state index in [1.54, 1.807) is 36.4 Å². The molecule has 0 saturated heterocycles. The van der Waals surface area contributed by atoms with Gasteiger partial charge in [-0.15, -0.1) is 0 Å². The van der Waals surface area contributed by atoms with Crippen molar-refractivity contribution in [3.05, 3.63) is 82.2 Å². The molecule has 0 aliphatic rings. The number of ether oxygens (including phenoxy) is 2. The molecule has 2 aromatic carbocycles. The molecule has 1 heterocycles. The molecular formula is C25H24FN3O7. The number of aromatic nitrogens is 2. The monoisotopic (exact) mass is 497 g/mol. The number of aromatic amines is 1. The number of anilines is 1. The first-order valence-corrected chi connectivity index (χ1v) is 10.3. The van der Waals surface area contributed by atoms with E-state index in [4.69, 9.17) is 15.2 Å². The first kappa shape index (κ1) is 27.3. The largest absolute Gasteiger partial charge is 0.504 e. The third-order valence-electron chi connectivity index (χ3n) is 4.47. The van der Waals surface area contributed by atoms with Crippen LogP contribution in [0.15, 0.2) is 59.5 Å². The van der Waals surface area contributed by atoms with Gasteiger partial charge in [0.1, 0.15) is 0 Å². The lowest BCUT2D eigenvalue weighted by molar-refractivity contribution is -0.121. The van der Waals surface area contributed by atoms with Crippen molar-refractivity contribution in [1.82, 2.24) is 9.97 Å². The Balaban J connectivity index is 0.000000425. The van der Waals surface area contributed by atoms with Crippen LogP contribution in [0.2, 0.25) is 0 Å². The molecule has 0 atom stereocenters. The van der Waals surface area contributed by atoms with Crippen LogP contribution in [0, 0.1) is 5.82 Å². The van der Waals surface area contributed by atoms with E-state index >= 15 is 0 Å². The Morgan fingerprint density at radius 3 is 1.83 bits per heavy atom. The van der Waals surface area contributed by atoms with Crippen molar-refractivity contribution in [2.45, 2.75) is 6.42 Å².